The van der Waals surface area contributed by atoms with E-state index in [-0.39, 0.29) is 11.6 Å². The molecule has 0 atom stereocenters. The smallest absolute Gasteiger partial charge is 0.272 e. The molecule has 2 N–H and O–H groups in total. The van der Waals surface area contributed by atoms with E-state index in [0.717, 1.165) is 11.1 Å². The van der Waals surface area contributed by atoms with Gasteiger partial charge in [0.05, 0.1) is 19.9 Å². The van der Waals surface area contributed by atoms with Gasteiger partial charge >= 0.3 is 0 Å². The number of carbonyl (C=O) groups is 1. The second-order valence-electron chi connectivity index (χ2n) is 6.10. The first-order valence-corrected chi connectivity index (χ1v) is 8.76. The molecule has 0 bridgehead atoms. The summed E-state index contributed by atoms with van der Waals surface area (Å²) in [4.78, 5) is 12.3. The van der Waals surface area contributed by atoms with Crippen molar-refractivity contribution in [3.8, 4) is 11.5 Å². The quantitative estimate of drug-likeness (QED) is 0.655. The monoisotopic (exact) mass is 378 g/mol. The van der Waals surface area contributed by atoms with Crippen LogP contribution in [0.5, 0.6) is 11.5 Å². The highest BCUT2D eigenvalue weighted by atomic mass is 16.5. The van der Waals surface area contributed by atoms with Crippen molar-refractivity contribution in [1.29, 1.82) is 0 Å². The van der Waals surface area contributed by atoms with E-state index < -0.39 is 0 Å². The molecule has 0 aliphatic heterocycles. The molecule has 7 nitrogen and oxygen atoms in total. The van der Waals surface area contributed by atoms with Crippen molar-refractivity contribution in [2.45, 2.75) is 13.5 Å². The molecule has 0 saturated heterocycles. The number of benzene rings is 2. The van der Waals surface area contributed by atoms with Crippen LogP contribution in [0.3, 0.4) is 0 Å². The molecule has 2 aromatic carbocycles. The number of nitrogens with zero attached hydrogens (tertiary/aromatic N) is 2. The molecular weight excluding hydrogens is 356 g/mol. The fourth-order valence-corrected chi connectivity index (χ4v) is 2.63. The maximum atomic E-state index is 12.3. The van der Waals surface area contributed by atoms with Gasteiger partial charge in [-0.25, -0.2) is 0 Å². The lowest BCUT2D eigenvalue weighted by Crippen LogP contribution is -2.24. The molecule has 3 aromatic rings. The molecule has 0 saturated carbocycles. The molecule has 144 valence electrons. The van der Waals surface area contributed by atoms with Crippen LogP contribution in [0.1, 0.15) is 21.6 Å². The molecule has 0 fully saturated rings. The highest BCUT2D eigenvalue weighted by Crippen LogP contribution is 2.30. The van der Waals surface area contributed by atoms with E-state index in [1.165, 1.54) is 0 Å². The normalized spacial score (nSPS) is 10.2. The average molecular weight is 378 g/mol. The third-order valence-corrected chi connectivity index (χ3v) is 4.27. The van der Waals surface area contributed by atoms with Gasteiger partial charge in [0.15, 0.2) is 11.5 Å². The molecule has 0 aliphatic carbocycles. The predicted octanol–water partition coefficient (Wildman–Crippen LogP) is 3.48. The Bertz CT molecular complexity index is 958. The van der Waals surface area contributed by atoms with Gasteiger partial charge in [0.2, 0.25) is 0 Å². The van der Waals surface area contributed by atoms with Gasteiger partial charge in [0, 0.05) is 12.6 Å². The van der Waals surface area contributed by atoms with Crippen molar-refractivity contribution < 1.29 is 14.3 Å². The highest BCUT2D eigenvalue weighted by Gasteiger charge is 2.10. The summed E-state index contributed by atoms with van der Waals surface area (Å²) in [5, 5.41) is 14.1. The Balaban J connectivity index is 1.65. The van der Waals surface area contributed by atoms with Crippen molar-refractivity contribution in [1.82, 2.24) is 15.5 Å². The molecule has 1 heterocycles. The molecule has 1 aromatic heterocycles. The van der Waals surface area contributed by atoms with Gasteiger partial charge in [-0.1, -0.05) is 24.3 Å². The summed E-state index contributed by atoms with van der Waals surface area (Å²) in [7, 11) is 3.17. The lowest BCUT2D eigenvalue weighted by Gasteiger charge is -2.12. The minimum absolute atomic E-state index is 0.251. The summed E-state index contributed by atoms with van der Waals surface area (Å²) < 4.78 is 10.5. The Morgan fingerprint density at radius 3 is 2.50 bits per heavy atom. The average Bonchev–Trinajstić information content (AvgIpc) is 2.73. The Labute approximate surface area is 163 Å². The molecule has 0 radical (unpaired) electrons. The van der Waals surface area contributed by atoms with E-state index in [9.17, 15) is 4.79 Å². The molecule has 7 heteroatoms. The van der Waals surface area contributed by atoms with E-state index in [1.807, 2.05) is 43.3 Å². The zero-order chi connectivity index (χ0) is 19.9. The van der Waals surface area contributed by atoms with Gasteiger partial charge in [-0.3, -0.25) is 4.79 Å². The third-order valence-electron chi connectivity index (χ3n) is 4.27. The highest BCUT2D eigenvalue weighted by molar-refractivity contribution is 5.92. The Hall–Kier alpha value is -3.61. The van der Waals surface area contributed by atoms with Crippen LogP contribution in [0.15, 0.2) is 54.6 Å². The molecule has 0 spiro atoms. The number of aromatic nitrogens is 2. The summed E-state index contributed by atoms with van der Waals surface area (Å²) in [5.41, 5.74) is 3.16. The number of methoxy groups -OCH3 is 2. The van der Waals surface area contributed by atoms with Crippen LogP contribution in [0.2, 0.25) is 0 Å². The second kappa shape index (κ2) is 8.85. The Morgan fingerprint density at radius 2 is 1.82 bits per heavy atom. The summed E-state index contributed by atoms with van der Waals surface area (Å²) >= 11 is 0. The lowest BCUT2D eigenvalue weighted by atomic mass is 10.1. The Morgan fingerprint density at radius 1 is 1.00 bits per heavy atom. The zero-order valence-electron chi connectivity index (χ0n) is 16.0. The second-order valence-corrected chi connectivity index (χ2v) is 6.10. The first-order chi connectivity index (χ1) is 13.6. The molecular formula is C21H22N4O3. The Kier molecular flexibility index (Phi) is 6.06. The number of amides is 1. The fourth-order valence-electron chi connectivity index (χ4n) is 2.63. The minimum atomic E-state index is -0.274. The first kappa shape index (κ1) is 19.2. The van der Waals surface area contributed by atoms with Crippen LogP contribution in [0.4, 0.5) is 11.5 Å². The van der Waals surface area contributed by atoms with E-state index in [1.54, 1.807) is 32.4 Å². The van der Waals surface area contributed by atoms with Crippen LogP contribution in [-0.2, 0) is 6.54 Å². The molecule has 0 aliphatic rings. The largest absolute Gasteiger partial charge is 0.497 e. The van der Waals surface area contributed by atoms with Crippen molar-refractivity contribution in [2.75, 3.05) is 19.5 Å². The zero-order valence-corrected chi connectivity index (χ0v) is 16.0. The third kappa shape index (κ3) is 4.56. The van der Waals surface area contributed by atoms with E-state index in [0.29, 0.717) is 29.5 Å². The predicted molar refractivity (Wildman–Crippen MR) is 107 cm³/mol. The van der Waals surface area contributed by atoms with Crippen molar-refractivity contribution in [3.05, 3.63) is 71.4 Å². The van der Waals surface area contributed by atoms with Crippen LogP contribution < -0.4 is 20.1 Å². The van der Waals surface area contributed by atoms with Gasteiger partial charge in [0.25, 0.3) is 5.91 Å². The number of hydrogen-bond acceptors (Lipinski definition) is 6. The van der Waals surface area contributed by atoms with Crippen LogP contribution >= 0.6 is 0 Å². The van der Waals surface area contributed by atoms with Gasteiger partial charge in [-0.15, -0.1) is 10.2 Å². The van der Waals surface area contributed by atoms with Crippen molar-refractivity contribution >= 4 is 17.4 Å². The number of ether oxygens (including phenoxy) is 2. The summed E-state index contributed by atoms with van der Waals surface area (Å²) in [5.74, 6) is 1.53. The number of anilines is 2. The topological polar surface area (TPSA) is 85.4 Å². The standard InChI is InChI=1S/C21H22N4O3/c1-14-6-4-5-7-15(14)13-22-21(26)18-10-11-20(25-24-18)23-17-9-8-16(27-2)12-19(17)28-3/h4-12H,13H2,1-3H3,(H,22,26)(H,23,25). The van der Waals surface area contributed by atoms with Gasteiger partial charge in [-0.2, -0.15) is 0 Å². The summed E-state index contributed by atoms with van der Waals surface area (Å²) in [6, 6.07) is 16.6. The SMILES string of the molecule is COc1ccc(Nc2ccc(C(=O)NCc3ccccc3C)nn2)c(OC)c1. The number of carbonyl (C=O) groups excluding carboxylic acids is 1. The minimum Gasteiger partial charge on any atom is -0.497 e. The maximum absolute atomic E-state index is 12.3. The lowest BCUT2D eigenvalue weighted by molar-refractivity contribution is 0.0945. The van der Waals surface area contributed by atoms with Gasteiger partial charge in [-0.05, 0) is 42.3 Å². The number of nitrogens with one attached hydrogen (secondary N) is 2. The molecule has 1 amide bonds. The van der Waals surface area contributed by atoms with Crippen LogP contribution in [0, 0.1) is 6.92 Å². The van der Waals surface area contributed by atoms with E-state index in [4.69, 9.17) is 9.47 Å². The fraction of sp³-hybridized carbons (Fsp3) is 0.190. The molecule has 3 rings (SSSR count). The van der Waals surface area contributed by atoms with Crippen molar-refractivity contribution in [3.63, 3.8) is 0 Å². The number of rotatable bonds is 7. The number of hydrogen-bond donors (Lipinski definition) is 2. The van der Waals surface area contributed by atoms with E-state index >= 15 is 0 Å². The van der Waals surface area contributed by atoms with E-state index in [2.05, 4.69) is 20.8 Å². The molecule has 28 heavy (non-hydrogen) atoms. The van der Waals surface area contributed by atoms with Gasteiger partial charge < -0.3 is 20.1 Å². The number of aryl methyl sites for hydroxylation is 1. The first-order valence-electron chi connectivity index (χ1n) is 8.76. The summed E-state index contributed by atoms with van der Waals surface area (Å²) in [6.45, 7) is 2.45. The van der Waals surface area contributed by atoms with Crippen LogP contribution in [0.25, 0.3) is 0 Å². The maximum Gasteiger partial charge on any atom is 0.272 e. The van der Waals surface area contributed by atoms with Gasteiger partial charge in [0.1, 0.15) is 11.5 Å². The van der Waals surface area contributed by atoms with Crippen LogP contribution in [-0.4, -0.2) is 30.3 Å². The van der Waals surface area contributed by atoms with Crippen molar-refractivity contribution in [2.24, 2.45) is 0 Å². The summed E-state index contributed by atoms with van der Waals surface area (Å²) in [6.07, 6.45) is 0. The molecule has 0 unspecified atom stereocenters.